The Hall–Kier alpha value is -3.05. The third-order valence-corrected chi connectivity index (χ3v) is 5.79. The molecule has 1 atom stereocenters. The van der Waals surface area contributed by atoms with Crippen LogP contribution >= 0.6 is 11.6 Å². The zero-order chi connectivity index (χ0) is 31.3. The van der Waals surface area contributed by atoms with Crippen LogP contribution in [0.2, 0.25) is 5.02 Å². The first-order valence-corrected chi connectivity index (χ1v) is 14.0. The van der Waals surface area contributed by atoms with Crippen molar-refractivity contribution in [3.8, 4) is 0 Å². The van der Waals surface area contributed by atoms with Crippen LogP contribution in [-0.4, -0.2) is 71.7 Å². The van der Waals surface area contributed by atoms with Crippen molar-refractivity contribution in [1.82, 2.24) is 10.2 Å². The quantitative estimate of drug-likeness (QED) is 0.297. The average molecular weight is 598 g/mol. The van der Waals surface area contributed by atoms with E-state index in [2.05, 4.69) is 10.2 Å². The normalized spacial score (nSPS) is 16.1. The fraction of sp³-hybridized carbons (Fsp3) is 0.655. The van der Waals surface area contributed by atoms with Gasteiger partial charge in [-0.05, 0) is 93.4 Å². The molecular formula is C29H44ClN3O8. The Morgan fingerprint density at radius 1 is 0.927 bits per heavy atom. The summed E-state index contributed by atoms with van der Waals surface area (Å²) >= 11 is 6.62. The lowest BCUT2D eigenvalue weighted by Gasteiger charge is -2.30. The molecule has 1 aromatic carbocycles. The monoisotopic (exact) mass is 597 g/mol. The Morgan fingerprint density at radius 3 is 1.95 bits per heavy atom. The van der Waals surface area contributed by atoms with Crippen molar-refractivity contribution in [2.45, 2.75) is 105 Å². The van der Waals surface area contributed by atoms with E-state index in [4.69, 9.17) is 30.5 Å². The molecule has 1 fully saturated rings. The zero-order valence-electron chi connectivity index (χ0n) is 25.8. The molecule has 11 nitrogen and oxygen atoms in total. The van der Waals surface area contributed by atoms with Gasteiger partial charge in [0, 0.05) is 30.7 Å². The molecule has 0 saturated carbocycles. The molecule has 1 heterocycles. The molecular weight excluding hydrogens is 554 g/mol. The molecule has 41 heavy (non-hydrogen) atoms. The zero-order valence-corrected chi connectivity index (χ0v) is 26.6. The lowest BCUT2D eigenvalue weighted by atomic mass is 10.1. The number of imide groups is 1. The SMILES string of the molecule is CCOC(=O)c1cc(Cl)c(CN2CCC(NC(=O)OC(C)(C)C)C2)cc1N(C(=O)OC(C)(C)C)C(=O)OC(C)(C)C. The molecule has 1 N–H and O–H groups in total. The van der Waals surface area contributed by atoms with Crippen LogP contribution in [0.4, 0.5) is 20.1 Å². The van der Waals surface area contributed by atoms with E-state index in [1.165, 1.54) is 12.1 Å². The lowest BCUT2D eigenvalue weighted by molar-refractivity contribution is 0.0427. The molecule has 0 radical (unpaired) electrons. The number of anilines is 1. The predicted octanol–water partition coefficient (Wildman–Crippen LogP) is 6.29. The fourth-order valence-corrected chi connectivity index (χ4v) is 4.20. The van der Waals surface area contributed by atoms with Crippen LogP contribution in [-0.2, 0) is 25.5 Å². The van der Waals surface area contributed by atoms with Crippen molar-refractivity contribution in [2.24, 2.45) is 0 Å². The second-order valence-electron chi connectivity index (χ2n) is 12.8. The number of likely N-dealkylation sites (tertiary alicyclic amines) is 1. The summed E-state index contributed by atoms with van der Waals surface area (Å²) in [7, 11) is 0. The van der Waals surface area contributed by atoms with Crippen LogP contribution < -0.4 is 10.2 Å². The highest BCUT2D eigenvalue weighted by molar-refractivity contribution is 6.32. The van der Waals surface area contributed by atoms with Gasteiger partial charge in [-0.25, -0.2) is 19.2 Å². The van der Waals surface area contributed by atoms with Crippen molar-refractivity contribution in [3.05, 3.63) is 28.3 Å². The smallest absolute Gasteiger partial charge is 0.424 e. The van der Waals surface area contributed by atoms with Gasteiger partial charge in [0.25, 0.3) is 0 Å². The number of ether oxygens (including phenoxy) is 4. The summed E-state index contributed by atoms with van der Waals surface area (Å²) in [5, 5.41) is 3.12. The van der Waals surface area contributed by atoms with E-state index < -0.39 is 41.1 Å². The van der Waals surface area contributed by atoms with Gasteiger partial charge in [-0.2, -0.15) is 4.90 Å². The minimum absolute atomic E-state index is 0.0658. The van der Waals surface area contributed by atoms with Gasteiger partial charge in [-0.15, -0.1) is 0 Å². The summed E-state index contributed by atoms with van der Waals surface area (Å²) in [4.78, 5) is 54.7. The summed E-state index contributed by atoms with van der Waals surface area (Å²) < 4.78 is 21.6. The maximum absolute atomic E-state index is 13.4. The first kappa shape index (κ1) is 34.2. The van der Waals surface area contributed by atoms with E-state index >= 15 is 0 Å². The highest BCUT2D eigenvalue weighted by Gasteiger charge is 2.36. The van der Waals surface area contributed by atoms with Crippen LogP contribution in [0.25, 0.3) is 0 Å². The molecule has 1 aliphatic rings. The number of esters is 1. The second-order valence-corrected chi connectivity index (χ2v) is 13.3. The molecule has 12 heteroatoms. The van der Waals surface area contributed by atoms with Gasteiger partial charge in [0.05, 0.1) is 17.9 Å². The minimum Gasteiger partial charge on any atom is -0.462 e. The summed E-state index contributed by atoms with van der Waals surface area (Å²) in [5.41, 5.74) is -2.12. The lowest BCUT2D eigenvalue weighted by Crippen LogP contribution is -2.44. The van der Waals surface area contributed by atoms with Crippen molar-refractivity contribution < 1.29 is 38.1 Å². The first-order valence-electron chi connectivity index (χ1n) is 13.7. The first-order chi connectivity index (χ1) is 18.7. The number of alkyl carbamates (subject to hydrolysis) is 1. The number of carbonyl (C=O) groups excluding carboxylic acids is 4. The number of rotatable bonds is 6. The van der Waals surface area contributed by atoms with E-state index in [1.807, 2.05) is 0 Å². The Balaban J connectivity index is 2.46. The van der Waals surface area contributed by atoms with Gasteiger partial charge < -0.3 is 24.3 Å². The van der Waals surface area contributed by atoms with Gasteiger partial charge in [0.2, 0.25) is 0 Å². The molecule has 1 saturated heterocycles. The largest absolute Gasteiger partial charge is 0.462 e. The summed E-state index contributed by atoms with van der Waals surface area (Å²) in [6.07, 6.45) is -1.84. The number of halogens is 1. The van der Waals surface area contributed by atoms with Crippen LogP contribution in [0.1, 0.15) is 91.6 Å². The van der Waals surface area contributed by atoms with Crippen molar-refractivity contribution in [3.63, 3.8) is 0 Å². The Bertz CT molecular complexity index is 1110. The van der Waals surface area contributed by atoms with Crippen LogP contribution in [0, 0.1) is 0 Å². The molecule has 1 aromatic rings. The van der Waals surface area contributed by atoms with Gasteiger partial charge >= 0.3 is 24.2 Å². The number of nitrogens with zero attached hydrogens (tertiary/aromatic N) is 2. The standard InChI is InChI=1S/C29H44ClN3O8/c1-11-38-23(34)20-15-21(30)18(16-32-13-12-19(17-32)31-24(35)39-27(2,3)4)14-22(20)33(25(36)40-28(5,6)7)26(37)41-29(8,9)10/h14-15,19H,11-13,16-17H2,1-10H3,(H,31,35). The number of carbonyl (C=O) groups is 4. The van der Waals surface area contributed by atoms with Crippen molar-refractivity contribution in [1.29, 1.82) is 0 Å². The molecule has 0 spiro atoms. The number of amides is 3. The molecule has 1 aliphatic heterocycles. The van der Waals surface area contributed by atoms with E-state index in [1.54, 1.807) is 69.2 Å². The van der Waals surface area contributed by atoms with Crippen LogP contribution in [0.3, 0.4) is 0 Å². The number of hydrogen-bond donors (Lipinski definition) is 1. The Kier molecular flexibility index (Phi) is 11.1. The van der Waals surface area contributed by atoms with E-state index in [0.29, 0.717) is 36.5 Å². The number of nitrogens with one attached hydrogen (secondary N) is 1. The topological polar surface area (TPSA) is 124 Å². The third kappa shape index (κ3) is 11.0. The highest BCUT2D eigenvalue weighted by Crippen LogP contribution is 2.33. The van der Waals surface area contributed by atoms with E-state index in [0.717, 1.165) is 0 Å². The Labute approximate surface area is 247 Å². The molecule has 0 aliphatic carbocycles. The predicted molar refractivity (Wildman–Crippen MR) is 155 cm³/mol. The van der Waals surface area contributed by atoms with E-state index in [-0.39, 0.29) is 28.9 Å². The fourth-order valence-electron chi connectivity index (χ4n) is 3.98. The molecule has 0 bridgehead atoms. The van der Waals surface area contributed by atoms with Gasteiger partial charge in [-0.3, -0.25) is 4.90 Å². The Morgan fingerprint density at radius 2 is 1.46 bits per heavy atom. The maximum atomic E-state index is 13.4. The average Bonchev–Trinajstić information content (AvgIpc) is 3.18. The van der Waals surface area contributed by atoms with Gasteiger partial charge in [0.1, 0.15) is 16.8 Å². The van der Waals surface area contributed by atoms with Crippen molar-refractivity contribution >= 4 is 41.5 Å². The van der Waals surface area contributed by atoms with Gasteiger partial charge in [-0.1, -0.05) is 11.6 Å². The highest BCUT2D eigenvalue weighted by atomic mass is 35.5. The van der Waals surface area contributed by atoms with Gasteiger partial charge in [0.15, 0.2) is 0 Å². The molecule has 1 unspecified atom stereocenters. The summed E-state index contributed by atoms with van der Waals surface area (Å²) in [5.74, 6) is -0.768. The van der Waals surface area contributed by atoms with Crippen LogP contribution in [0.15, 0.2) is 12.1 Å². The maximum Gasteiger partial charge on any atom is 0.424 e. The molecule has 3 amide bonds. The molecule has 0 aromatic heterocycles. The molecule has 2 rings (SSSR count). The van der Waals surface area contributed by atoms with E-state index in [9.17, 15) is 19.2 Å². The van der Waals surface area contributed by atoms with Crippen molar-refractivity contribution in [2.75, 3.05) is 24.6 Å². The second kappa shape index (κ2) is 13.3. The summed E-state index contributed by atoms with van der Waals surface area (Å²) in [6, 6.07) is 2.73. The molecule has 230 valence electrons. The van der Waals surface area contributed by atoms with Crippen LogP contribution in [0.5, 0.6) is 0 Å². The summed E-state index contributed by atoms with van der Waals surface area (Å²) in [6.45, 7) is 18.5. The third-order valence-electron chi connectivity index (χ3n) is 5.44. The number of benzene rings is 1. The minimum atomic E-state index is -1.02. The number of hydrogen-bond acceptors (Lipinski definition) is 9.